The fourth-order valence-electron chi connectivity index (χ4n) is 2.24. The molecule has 0 saturated heterocycles. The first-order valence-corrected chi connectivity index (χ1v) is 8.83. The van der Waals surface area contributed by atoms with Crippen LogP contribution in [0, 0.1) is 6.92 Å². The average molecular weight is 391 g/mol. The Morgan fingerprint density at radius 2 is 2.00 bits per heavy atom. The molecule has 0 aromatic heterocycles. The highest BCUT2D eigenvalue weighted by molar-refractivity contribution is 9.10. The number of benzene rings is 2. The van der Waals surface area contributed by atoms with Crippen molar-refractivity contribution in [2.75, 3.05) is 11.9 Å². The van der Waals surface area contributed by atoms with Gasteiger partial charge in [0.15, 0.2) is 6.10 Å². The number of carbonyl (C=O) groups excluding carboxylic acids is 1. The predicted octanol–water partition coefficient (Wildman–Crippen LogP) is 4.27. The Bertz CT molecular complexity index is 704. The lowest BCUT2D eigenvalue weighted by Gasteiger charge is -2.17. The van der Waals surface area contributed by atoms with Gasteiger partial charge >= 0.3 is 0 Å². The van der Waals surface area contributed by atoms with Gasteiger partial charge in [0.1, 0.15) is 5.75 Å². The topological polar surface area (TPSA) is 50.4 Å². The molecule has 2 aromatic carbocycles. The van der Waals surface area contributed by atoms with E-state index in [1.165, 1.54) is 0 Å². The Hall–Kier alpha value is -1.85. The molecule has 0 heterocycles. The highest BCUT2D eigenvalue weighted by Gasteiger charge is 2.17. The summed E-state index contributed by atoms with van der Waals surface area (Å²) >= 11 is 3.47. The van der Waals surface area contributed by atoms with E-state index < -0.39 is 6.10 Å². The van der Waals surface area contributed by atoms with Crippen LogP contribution in [0.4, 0.5) is 5.69 Å². The molecular formula is C19H23BrN2O2. The maximum atomic E-state index is 12.4. The van der Waals surface area contributed by atoms with Crippen molar-refractivity contribution in [1.29, 1.82) is 0 Å². The molecule has 0 fully saturated rings. The van der Waals surface area contributed by atoms with Gasteiger partial charge in [0.2, 0.25) is 0 Å². The SMILES string of the molecule is CCNCc1ccccc1NC(=O)C(C)Oc1ccc(C)cc1Br. The number of halogens is 1. The number of aryl methyl sites for hydroxylation is 1. The van der Waals surface area contributed by atoms with Crippen molar-refractivity contribution in [3.05, 3.63) is 58.1 Å². The first-order chi connectivity index (χ1) is 11.5. The molecule has 2 N–H and O–H groups in total. The van der Waals surface area contributed by atoms with Crippen LogP contribution in [-0.2, 0) is 11.3 Å². The van der Waals surface area contributed by atoms with Crippen molar-refractivity contribution in [3.8, 4) is 5.75 Å². The summed E-state index contributed by atoms with van der Waals surface area (Å²) in [7, 11) is 0. The Morgan fingerprint density at radius 3 is 2.71 bits per heavy atom. The van der Waals surface area contributed by atoms with E-state index in [-0.39, 0.29) is 5.91 Å². The number of ether oxygens (including phenoxy) is 1. The minimum absolute atomic E-state index is 0.175. The lowest BCUT2D eigenvalue weighted by Crippen LogP contribution is -2.30. The van der Waals surface area contributed by atoms with Gasteiger partial charge < -0.3 is 15.4 Å². The van der Waals surface area contributed by atoms with Crippen LogP contribution in [-0.4, -0.2) is 18.6 Å². The van der Waals surface area contributed by atoms with Gasteiger partial charge in [0.05, 0.1) is 4.47 Å². The minimum Gasteiger partial charge on any atom is -0.480 e. The fourth-order valence-corrected chi connectivity index (χ4v) is 2.82. The molecule has 5 heteroatoms. The summed E-state index contributed by atoms with van der Waals surface area (Å²) in [5, 5.41) is 6.22. The van der Waals surface area contributed by atoms with Gasteiger partial charge in [-0.05, 0) is 65.6 Å². The number of amides is 1. The number of nitrogens with one attached hydrogen (secondary N) is 2. The van der Waals surface area contributed by atoms with Crippen LogP contribution < -0.4 is 15.4 Å². The second-order valence-corrected chi connectivity index (χ2v) is 6.48. The Kier molecular flexibility index (Phi) is 6.82. The number of rotatable bonds is 7. The van der Waals surface area contributed by atoms with Crippen molar-refractivity contribution < 1.29 is 9.53 Å². The molecule has 2 aromatic rings. The molecular weight excluding hydrogens is 368 g/mol. The molecule has 0 spiro atoms. The number of hydrogen-bond donors (Lipinski definition) is 2. The normalized spacial score (nSPS) is 11.8. The van der Waals surface area contributed by atoms with Crippen molar-refractivity contribution >= 4 is 27.5 Å². The first-order valence-electron chi connectivity index (χ1n) is 8.03. The van der Waals surface area contributed by atoms with Crippen molar-refractivity contribution in [3.63, 3.8) is 0 Å². The predicted molar refractivity (Wildman–Crippen MR) is 101 cm³/mol. The average Bonchev–Trinajstić information content (AvgIpc) is 2.56. The van der Waals surface area contributed by atoms with E-state index in [4.69, 9.17) is 4.74 Å². The van der Waals surface area contributed by atoms with Gasteiger partial charge in [-0.2, -0.15) is 0 Å². The van der Waals surface area contributed by atoms with Crippen LogP contribution >= 0.6 is 15.9 Å². The smallest absolute Gasteiger partial charge is 0.265 e. The monoisotopic (exact) mass is 390 g/mol. The maximum absolute atomic E-state index is 12.4. The van der Waals surface area contributed by atoms with Crippen molar-refractivity contribution in [2.45, 2.75) is 33.4 Å². The first kappa shape index (κ1) is 18.5. The summed E-state index contributed by atoms with van der Waals surface area (Å²) in [4.78, 5) is 12.4. The molecule has 128 valence electrons. The number of carbonyl (C=O) groups is 1. The molecule has 1 atom stereocenters. The van der Waals surface area contributed by atoms with E-state index >= 15 is 0 Å². The summed E-state index contributed by atoms with van der Waals surface area (Å²) in [5.74, 6) is 0.482. The quantitative estimate of drug-likeness (QED) is 0.741. The third-order valence-electron chi connectivity index (χ3n) is 3.60. The maximum Gasteiger partial charge on any atom is 0.265 e. The summed E-state index contributed by atoms with van der Waals surface area (Å²) in [5.41, 5.74) is 2.99. The van der Waals surface area contributed by atoms with Crippen LogP contribution in [0.25, 0.3) is 0 Å². The van der Waals surface area contributed by atoms with E-state index in [2.05, 4.69) is 33.5 Å². The second-order valence-electron chi connectivity index (χ2n) is 5.62. The van der Waals surface area contributed by atoms with Gasteiger partial charge in [-0.1, -0.05) is 31.2 Å². The van der Waals surface area contributed by atoms with Crippen LogP contribution in [0.5, 0.6) is 5.75 Å². The second kappa shape index (κ2) is 8.85. The zero-order chi connectivity index (χ0) is 17.5. The molecule has 0 bridgehead atoms. The number of para-hydroxylation sites is 1. The molecule has 0 aliphatic heterocycles. The highest BCUT2D eigenvalue weighted by atomic mass is 79.9. The summed E-state index contributed by atoms with van der Waals surface area (Å²) in [6.07, 6.45) is -0.601. The van der Waals surface area contributed by atoms with Crippen LogP contribution in [0.15, 0.2) is 46.9 Å². The van der Waals surface area contributed by atoms with Gasteiger partial charge in [-0.25, -0.2) is 0 Å². The largest absolute Gasteiger partial charge is 0.480 e. The van der Waals surface area contributed by atoms with Crippen LogP contribution in [0.1, 0.15) is 25.0 Å². The molecule has 0 radical (unpaired) electrons. The summed E-state index contributed by atoms with van der Waals surface area (Å²) < 4.78 is 6.62. The molecule has 0 saturated carbocycles. The Morgan fingerprint density at radius 1 is 1.25 bits per heavy atom. The lowest BCUT2D eigenvalue weighted by atomic mass is 10.1. The van der Waals surface area contributed by atoms with E-state index in [1.807, 2.05) is 49.4 Å². The molecule has 0 aliphatic rings. The highest BCUT2D eigenvalue weighted by Crippen LogP contribution is 2.27. The zero-order valence-corrected chi connectivity index (χ0v) is 15.8. The summed E-state index contributed by atoms with van der Waals surface area (Å²) in [6, 6.07) is 13.6. The van der Waals surface area contributed by atoms with Gasteiger partial charge in [0.25, 0.3) is 5.91 Å². The van der Waals surface area contributed by atoms with Crippen LogP contribution in [0.2, 0.25) is 0 Å². The Balaban J connectivity index is 2.04. The van der Waals surface area contributed by atoms with E-state index in [0.29, 0.717) is 12.3 Å². The number of hydrogen-bond acceptors (Lipinski definition) is 3. The summed E-state index contributed by atoms with van der Waals surface area (Å²) in [6.45, 7) is 7.39. The van der Waals surface area contributed by atoms with Gasteiger partial charge in [-0.3, -0.25) is 4.79 Å². The third kappa shape index (κ3) is 5.08. The van der Waals surface area contributed by atoms with Gasteiger partial charge in [0, 0.05) is 12.2 Å². The van der Waals surface area contributed by atoms with Crippen molar-refractivity contribution in [1.82, 2.24) is 5.32 Å². The molecule has 4 nitrogen and oxygen atoms in total. The molecule has 2 rings (SSSR count). The standard InChI is InChI=1S/C19H23BrN2O2/c1-4-21-12-15-7-5-6-8-17(15)22-19(23)14(3)24-18-10-9-13(2)11-16(18)20/h5-11,14,21H,4,12H2,1-3H3,(H,22,23). The molecule has 24 heavy (non-hydrogen) atoms. The van der Waals surface area contributed by atoms with Crippen LogP contribution in [0.3, 0.4) is 0 Å². The fraction of sp³-hybridized carbons (Fsp3) is 0.316. The van der Waals surface area contributed by atoms with Gasteiger partial charge in [-0.15, -0.1) is 0 Å². The van der Waals surface area contributed by atoms with E-state index in [0.717, 1.165) is 27.8 Å². The lowest BCUT2D eigenvalue weighted by molar-refractivity contribution is -0.122. The van der Waals surface area contributed by atoms with E-state index in [1.54, 1.807) is 6.92 Å². The zero-order valence-electron chi connectivity index (χ0n) is 14.2. The molecule has 1 amide bonds. The molecule has 1 unspecified atom stereocenters. The Labute approximate surface area is 151 Å². The molecule has 0 aliphatic carbocycles. The third-order valence-corrected chi connectivity index (χ3v) is 4.22. The minimum atomic E-state index is -0.601. The van der Waals surface area contributed by atoms with E-state index in [9.17, 15) is 4.79 Å². The van der Waals surface area contributed by atoms with Crippen molar-refractivity contribution in [2.24, 2.45) is 0 Å². The number of anilines is 1.